The van der Waals surface area contributed by atoms with Gasteiger partial charge in [0.15, 0.2) is 0 Å². The Balaban J connectivity index is 2.09. The summed E-state index contributed by atoms with van der Waals surface area (Å²) < 4.78 is 0. The molecule has 1 heterocycles. The third-order valence-electron chi connectivity index (χ3n) is 3.46. The second kappa shape index (κ2) is 6.34. The van der Waals surface area contributed by atoms with E-state index in [1.807, 2.05) is 11.8 Å². The lowest BCUT2D eigenvalue weighted by Gasteiger charge is -2.19. The van der Waals surface area contributed by atoms with Crippen molar-refractivity contribution in [2.45, 2.75) is 39.0 Å². The summed E-state index contributed by atoms with van der Waals surface area (Å²) in [6.45, 7) is 3.49. The maximum absolute atomic E-state index is 12.4. The van der Waals surface area contributed by atoms with Crippen molar-refractivity contribution in [2.24, 2.45) is 0 Å². The molecule has 0 bridgehead atoms. The molecule has 0 saturated carbocycles. The standard InChI is InChI=1S/C14H21NO2S/c1-2-15(8-5-9-16)14(17)13-10-11-6-3-4-7-12(11)18-13/h10,16H,2-9H2,1H3. The van der Waals surface area contributed by atoms with Crippen molar-refractivity contribution >= 4 is 17.2 Å². The largest absolute Gasteiger partial charge is 0.396 e. The number of rotatable bonds is 5. The van der Waals surface area contributed by atoms with Gasteiger partial charge >= 0.3 is 0 Å². The van der Waals surface area contributed by atoms with Crippen LogP contribution < -0.4 is 0 Å². The Bertz CT molecular complexity index is 390. The summed E-state index contributed by atoms with van der Waals surface area (Å²) in [5.74, 6) is 0.130. The molecule has 4 heteroatoms. The summed E-state index contributed by atoms with van der Waals surface area (Å²) in [6, 6.07) is 2.09. The van der Waals surface area contributed by atoms with Crippen molar-refractivity contribution < 1.29 is 9.90 Å². The highest BCUT2D eigenvalue weighted by atomic mass is 32.1. The van der Waals surface area contributed by atoms with Gasteiger partial charge in [-0.05, 0) is 50.7 Å². The molecular formula is C14H21NO2S. The molecular weight excluding hydrogens is 246 g/mol. The van der Waals surface area contributed by atoms with Crippen molar-refractivity contribution in [3.05, 3.63) is 21.4 Å². The van der Waals surface area contributed by atoms with Crippen LogP contribution in [0.3, 0.4) is 0 Å². The van der Waals surface area contributed by atoms with Gasteiger partial charge in [0.1, 0.15) is 0 Å². The summed E-state index contributed by atoms with van der Waals surface area (Å²) in [7, 11) is 0. The summed E-state index contributed by atoms with van der Waals surface area (Å²) in [5, 5.41) is 8.86. The number of hydrogen-bond donors (Lipinski definition) is 1. The van der Waals surface area contributed by atoms with E-state index >= 15 is 0 Å². The number of aliphatic hydroxyl groups excluding tert-OH is 1. The number of amides is 1. The first-order valence-electron chi connectivity index (χ1n) is 6.78. The normalized spacial score (nSPS) is 14.3. The highest BCUT2D eigenvalue weighted by Gasteiger charge is 2.20. The highest BCUT2D eigenvalue weighted by Crippen LogP contribution is 2.30. The van der Waals surface area contributed by atoms with E-state index in [0.29, 0.717) is 19.5 Å². The smallest absolute Gasteiger partial charge is 0.263 e. The molecule has 0 spiro atoms. The van der Waals surface area contributed by atoms with Gasteiger partial charge < -0.3 is 10.0 Å². The number of aliphatic hydroxyl groups is 1. The molecule has 1 aliphatic carbocycles. The van der Waals surface area contributed by atoms with Crippen LogP contribution in [0.5, 0.6) is 0 Å². The lowest BCUT2D eigenvalue weighted by molar-refractivity contribution is 0.0759. The van der Waals surface area contributed by atoms with E-state index in [9.17, 15) is 4.79 Å². The lowest BCUT2D eigenvalue weighted by atomic mass is 9.99. The van der Waals surface area contributed by atoms with E-state index < -0.39 is 0 Å². The average Bonchev–Trinajstić information content (AvgIpc) is 2.83. The third-order valence-corrected chi connectivity index (χ3v) is 4.69. The summed E-state index contributed by atoms with van der Waals surface area (Å²) in [5.41, 5.74) is 1.38. The van der Waals surface area contributed by atoms with Crippen LogP contribution in [-0.2, 0) is 12.8 Å². The minimum atomic E-state index is 0.130. The molecule has 1 N–H and O–H groups in total. The Kier molecular flexibility index (Phi) is 4.78. The lowest BCUT2D eigenvalue weighted by Crippen LogP contribution is -2.31. The molecule has 1 aromatic rings. The van der Waals surface area contributed by atoms with E-state index in [2.05, 4.69) is 6.07 Å². The Morgan fingerprint density at radius 3 is 2.89 bits per heavy atom. The van der Waals surface area contributed by atoms with Crippen molar-refractivity contribution in [1.82, 2.24) is 4.90 Å². The molecule has 0 radical (unpaired) electrons. The molecule has 100 valence electrons. The summed E-state index contributed by atoms with van der Waals surface area (Å²) in [6.07, 6.45) is 5.42. The Morgan fingerprint density at radius 1 is 1.44 bits per heavy atom. The first kappa shape index (κ1) is 13.6. The fourth-order valence-corrected chi connectivity index (χ4v) is 3.64. The van der Waals surface area contributed by atoms with Crippen LogP contribution in [0.15, 0.2) is 6.07 Å². The van der Waals surface area contributed by atoms with Crippen molar-refractivity contribution in [3.63, 3.8) is 0 Å². The number of fused-ring (bicyclic) bond motifs is 1. The Morgan fingerprint density at radius 2 is 2.22 bits per heavy atom. The maximum atomic E-state index is 12.4. The second-order valence-electron chi connectivity index (χ2n) is 4.73. The van der Waals surface area contributed by atoms with Gasteiger partial charge in [0.25, 0.3) is 5.91 Å². The van der Waals surface area contributed by atoms with Crippen molar-refractivity contribution in [3.8, 4) is 0 Å². The summed E-state index contributed by atoms with van der Waals surface area (Å²) in [4.78, 5) is 16.5. The zero-order chi connectivity index (χ0) is 13.0. The predicted octanol–water partition coefficient (Wildman–Crippen LogP) is 2.47. The zero-order valence-corrected chi connectivity index (χ0v) is 11.8. The zero-order valence-electron chi connectivity index (χ0n) is 10.9. The van der Waals surface area contributed by atoms with Crippen LogP contribution in [0.25, 0.3) is 0 Å². The Labute approximate surface area is 112 Å². The van der Waals surface area contributed by atoms with Gasteiger partial charge in [-0.25, -0.2) is 0 Å². The van der Waals surface area contributed by atoms with E-state index in [0.717, 1.165) is 17.7 Å². The van der Waals surface area contributed by atoms with Gasteiger partial charge in [0, 0.05) is 24.6 Å². The SMILES string of the molecule is CCN(CCCO)C(=O)c1cc2c(s1)CCCC2. The minimum Gasteiger partial charge on any atom is -0.396 e. The molecule has 2 rings (SSSR count). The molecule has 0 saturated heterocycles. The monoisotopic (exact) mass is 267 g/mol. The molecule has 18 heavy (non-hydrogen) atoms. The number of carbonyl (C=O) groups excluding carboxylic acids is 1. The number of nitrogens with zero attached hydrogens (tertiary/aromatic N) is 1. The minimum absolute atomic E-state index is 0.130. The first-order valence-corrected chi connectivity index (χ1v) is 7.59. The molecule has 0 atom stereocenters. The third kappa shape index (κ3) is 2.93. The van der Waals surface area contributed by atoms with E-state index in [4.69, 9.17) is 5.11 Å². The van der Waals surface area contributed by atoms with Crippen LogP contribution in [0.2, 0.25) is 0 Å². The first-order chi connectivity index (χ1) is 8.76. The van der Waals surface area contributed by atoms with Gasteiger partial charge in [-0.15, -0.1) is 11.3 Å². The van der Waals surface area contributed by atoms with Gasteiger partial charge in [-0.1, -0.05) is 0 Å². The fraction of sp³-hybridized carbons (Fsp3) is 0.643. The predicted molar refractivity (Wildman–Crippen MR) is 74.2 cm³/mol. The molecule has 0 aliphatic heterocycles. The number of thiophene rings is 1. The van der Waals surface area contributed by atoms with Gasteiger partial charge in [0.05, 0.1) is 4.88 Å². The molecule has 1 aliphatic rings. The molecule has 1 aromatic heterocycles. The quantitative estimate of drug-likeness (QED) is 0.890. The van der Waals surface area contributed by atoms with Gasteiger partial charge in [-0.2, -0.15) is 0 Å². The highest BCUT2D eigenvalue weighted by molar-refractivity contribution is 7.14. The van der Waals surface area contributed by atoms with Crippen LogP contribution in [-0.4, -0.2) is 35.6 Å². The van der Waals surface area contributed by atoms with Crippen LogP contribution in [0.4, 0.5) is 0 Å². The molecule has 1 amide bonds. The fourth-order valence-electron chi connectivity index (χ4n) is 2.42. The molecule has 0 unspecified atom stereocenters. The van der Waals surface area contributed by atoms with Gasteiger partial charge in [-0.3, -0.25) is 4.79 Å². The average molecular weight is 267 g/mol. The Hall–Kier alpha value is -0.870. The maximum Gasteiger partial charge on any atom is 0.263 e. The number of aryl methyl sites for hydroxylation is 2. The number of carbonyl (C=O) groups is 1. The van der Waals surface area contributed by atoms with Crippen LogP contribution >= 0.6 is 11.3 Å². The number of hydrogen-bond acceptors (Lipinski definition) is 3. The van der Waals surface area contributed by atoms with E-state index in [-0.39, 0.29) is 12.5 Å². The van der Waals surface area contributed by atoms with Gasteiger partial charge in [0.2, 0.25) is 0 Å². The summed E-state index contributed by atoms with van der Waals surface area (Å²) >= 11 is 1.67. The topological polar surface area (TPSA) is 40.5 Å². The van der Waals surface area contributed by atoms with E-state index in [1.165, 1.54) is 23.3 Å². The molecule has 0 fully saturated rings. The molecule has 3 nitrogen and oxygen atoms in total. The van der Waals surface area contributed by atoms with Crippen molar-refractivity contribution in [1.29, 1.82) is 0 Å². The molecule has 0 aromatic carbocycles. The van der Waals surface area contributed by atoms with Crippen molar-refractivity contribution in [2.75, 3.05) is 19.7 Å². The van der Waals surface area contributed by atoms with Crippen LogP contribution in [0.1, 0.15) is 46.3 Å². The second-order valence-corrected chi connectivity index (χ2v) is 5.86. The van der Waals surface area contributed by atoms with Crippen LogP contribution in [0, 0.1) is 0 Å². The van der Waals surface area contributed by atoms with E-state index in [1.54, 1.807) is 11.3 Å².